The lowest BCUT2D eigenvalue weighted by atomic mass is 10.0. The van der Waals surface area contributed by atoms with Crippen molar-refractivity contribution in [1.82, 2.24) is 29.9 Å². The van der Waals surface area contributed by atoms with E-state index in [0.717, 1.165) is 50.7 Å². The van der Waals surface area contributed by atoms with Crippen LogP contribution in [0.5, 0.6) is 5.88 Å². The first-order valence-electron chi connectivity index (χ1n) is 12.3. The second-order valence-corrected chi connectivity index (χ2v) is 9.19. The Bertz CT molecular complexity index is 895. The molecule has 2 saturated heterocycles. The molecular formula is C24H38N6O2. The van der Waals surface area contributed by atoms with Crippen molar-refractivity contribution in [2.24, 2.45) is 7.05 Å². The van der Waals surface area contributed by atoms with Crippen LogP contribution in [0.4, 0.5) is 0 Å². The lowest BCUT2D eigenvalue weighted by molar-refractivity contribution is 0.0904. The summed E-state index contributed by atoms with van der Waals surface area (Å²) in [6.45, 7) is 11.1. The highest BCUT2D eigenvalue weighted by molar-refractivity contribution is 6.04. The quantitative estimate of drug-likeness (QED) is 0.644. The molecule has 8 heteroatoms. The minimum absolute atomic E-state index is 0.110. The second kappa shape index (κ2) is 10.6. The fourth-order valence-corrected chi connectivity index (χ4v) is 4.82. The van der Waals surface area contributed by atoms with Crippen LogP contribution in [0.25, 0.3) is 11.0 Å². The molecule has 2 aromatic rings. The molecule has 0 saturated carbocycles. The molecule has 0 radical (unpaired) electrons. The molecule has 0 aliphatic carbocycles. The van der Waals surface area contributed by atoms with E-state index in [1.165, 1.54) is 32.5 Å². The van der Waals surface area contributed by atoms with Gasteiger partial charge in [0.2, 0.25) is 5.88 Å². The van der Waals surface area contributed by atoms with Crippen molar-refractivity contribution >= 4 is 16.9 Å². The minimum Gasteiger partial charge on any atom is -0.474 e. The predicted octanol–water partition coefficient (Wildman–Crippen LogP) is 2.83. The zero-order chi connectivity index (χ0) is 22.5. The molecule has 0 aromatic carbocycles. The van der Waals surface area contributed by atoms with Crippen molar-refractivity contribution in [3.63, 3.8) is 0 Å². The van der Waals surface area contributed by atoms with Crippen LogP contribution >= 0.6 is 0 Å². The SMILES string of the molecule is CCC(CC)Oc1ccc2c(C(=O)NC3CCN(CCN4CCCC4)CC3)nn(C)c2n1. The number of carbonyl (C=O) groups is 1. The van der Waals surface area contributed by atoms with E-state index >= 15 is 0 Å². The number of hydrogen-bond donors (Lipinski definition) is 1. The molecule has 32 heavy (non-hydrogen) atoms. The van der Waals surface area contributed by atoms with Crippen LogP contribution in [0.15, 0.2) is 12.1 Å². The number of likely N-dealkylation sites (tertiary alicyclic amines) is 2. The molecule has 176 valence electrons. The summed E-state index contributed by atoms with van der Waals surface area (Å²) in [7, 11) is 1.83. The number of hydrogen-bond acceptors (Lipinski definition) is 6. The van der Waals surface area contributed by atoms with Gasteiger partial charge in [0.1, 0.15) is 0 Å². The third kappa shape index (κ3) is 5.41. The monoisotopic (exact) mass is 442 g/mol. The van der Waals surface area contributed by atoms with E-state index in [4.69, 9.17) is 4.74 Å². The fourth-order valence-electron chi connectivity index (χ4n) is 4.82. The van der Waals surface area contributed by atoms with E-state index in [1.54, 1.807) is 4.68 Å². The standard InChI is InChI=1S/C24H38N6O2/c1-4-19(5-2)32-21-9-8-20-22(27-28(3)23(20)26-21)24(31)25-18-10-14-30(15-11-18)17-16-29-12-6-7-13-29/h8-9,18-19H,4-7,10-17H2,1-3H3,(H,25,31). The number of nitrogens with zero attached hydrogens (tertiary/aromatic N) is 5. The summed E-state index contributed by atoms with van der Waals surface area (Å²) in [5, 5.41) is 8.46. The molecule has 4 heterocycles. The molecular weight excluding hydrogens is 404 g/mol. The maximum absolute atomic E-state index is 13.0. The van der Waals surface area contributed by atoms with E-state index in [9.17, 15) is 4.79 Å². The maximum Gasteiger partial charge on any atom is 0.272 e. The van der Waals surface area contributed by atoms with E-state index in [1.807, 2.05) is 19.2 Å². The Hall–Kier alpha value is -2.19. The summed E-state index contributed by atoms with van der Waals surface area (Å²) in [5.41, 5.74) is 1.12. The Morgan fingerprint density at radius 3 is 2.41 bits per heavy atom. The number of pyridine rings is 1. The van der Waals surface area contributed by atoms with Gasteiger partial charge in [0.15, 0.2) is 11.3 Å². The van der Waals surface area contributed by atoms with Crippen LogP contribution in [0.2, 0.25) is 0 Å². The molecule has 4 rings (SSSR count). The van der Waals surface area contributed by atoms with Crippen LogP contribution in [-0.2, 0) is 7.05 Å². The van der Waals surface area contributed by atoms with E-state index in [0.29, 0.717) is 17.2 Å². The van der Waals surface area contributed by atoms with Crippen molar-refractivity contribution in [2.45, 2.75) is 64.5 Å². The second-order valence-electron chi connectivity index (χ2n) is 9.19. The van der Waals surface area contributed by atoms with Gasteiger partial charge in [-0.3, -0.25) is 4.79 Å². The lowest BCUT2D eigenvalue weighted by Crippen LogP contribution is -2.46. The lowest BCUT2D eigenvalue weighted by Gasteiger charge is -2.33. The normalized spacial score (nSPS) is 18.6. The number of amides is 1. The zero-order valence-corrected chi connectivity index (χ0v) is 19.8. The highest BCUT2D eigenvalue weighted by atomic mass is 16.5. The largest absolute Gasteiger partial charge is 0.474 e. The van der Waals surface area contributed by atoms with E-state index < -0.39 is 0 Å². The predicted molar refractivity (Wildman–Crippen MR) is 126 cm³/mol. The Morgan fingerprint density at radius 2 is 1.75 bits per heavy atom. The average molecular weight is 443 g/mol. The molecule has 0 bridgehead atoms. The van der Waals surface area contributed by atoms with Gasteiger partial charge in [-0.1, -0.05) is 13.8 Å². The molecule has 2 aliphatic rings. The zero-order valence-electron chi connectivity index (χ0n) is 19.8. The number of carbonyl (C=O) groups excluding carboxylic acids is 1. The topological polar surface area (TPSA) is 75.5 Å². The van der Waals surface area contributed by atoms with Gasteiger partial charge in [0, 0.05) is 45.3 Å². The van der Waals surface area contributed by atoms with Gasteiger partial charge in [-0.15, -0.1) is 0 Å². The Morgan fingerprint density at radius 1 is 1.09 bits per heavy atom. The molecule has 2 fully saturated rings. The molecule has 2 aromatic heterocycles. The van der Waals surface area contributed by atoms with E-state index in [2.05, 4.69) is 39.0 Å². The van der Waals surface area contributed by atoms with Gasteiger partial charge in [-0.25, -0.2) is 4.68 Å². The Labute approximate surface area is 191 Å². The molecule has 2 aliphatic heterocycles. The van der Waals surface area contributed by atoms with Crippen LogP contribution in [-0.4, -0.2) is 81.9 Å². The first-order valence-corrected chi connectivity index (χ1v) is 12.3. The molecule has 1 N–H and O–H groups in total. The summed E-state index contributed by atoms with van der Waals surface area (Å²) >= 11 is 0. The van der Waals surface area contributed by atoms with Crippen molar-refractivity contribution in [3.05, 3.63) is 17.8 Å². The molecule has 1 amide bonds. The maximum atomic E-state index is 13.0. The van der Waals surface area contributed by atoms with Crippen LogP contribution in [0.1, 0.15) is 62.9 Å². The summed E-state index contributed by atoms with van der Waals surface area (Å²) in [5.74, 6) is 0.476. The molecule has 0 atom stereocenters. The van der Waals surface area contributed by atoms with Crippen LogP contribution < -0.4 is 10.1 Å². The number of ether oxygens (including phenoxy) is 1. The van der Waals surface area contributed by atoms with E-state index in [-0.39, 0.29) is 18.1 Å². The summed E-state index contributed by atoms with van der Waals surface area (Å²) in [4.78, 5) is 22.7. The van der Waals surface area contributed by atoms with Gasteiger partial charge in [-0.2, -0.15) is 10.1 Å². The Kier molecular flexibility index (Phi) is 7.63. The van der Waals surface area contributed by atoms with Crippen molar-refractivity contribution in [3.8, 4) is 5.88 Å². The first-order chi connectivity index (χ1) is 15.6. The highest BCUT2D eigenvalue weighted by Crippen LogP contribution is 2.22. The van der Waals surface area contributed by atoms with Gasteiger partial charge in [-0.05, 0) is 57.7 Å². The van der Waals surface area contributed by atoms with Gasteiger partial charge < -0.3 is 19.9 Å². The number of aryl methyl sites for hydroxylation is 1. The number of nitrogens with one attached hydrogen (secondary N) is 1. The van der Waals surface area contributed by atoms with Crippen molar-refractivity contribution in [2.75, 3.05) is 39.3 Å². The molecule has 0 spiro atoms. The van der Waals surface area contributed by atoms with Gasteiger partial charge in [0.25, 0.3) is 5.91 Å². The number of piperidine rings is 1. The molecule has 0 unspecified atom stereocenters. The first kappa shape index (κ1) is 23.0. The smallest absolute Gasteiger partial charge is 0.272 e. The van der Waals surface area contributed by atoms with Gasteiger partial charge in [0.05, 0.1) is 11.5 Å². The average Bonchev–Trinajstić information content (AvgIpc) is 3.45. The number of aromatic nitrogens is 3. The van der Waals surface area contributed by atoms with Crippen LogP contribution in [0.3, 0.4) is 0 Å². The number of rotatable bonds is 9. The summed E-state index contributed by atoms with van der Waals surface area (Å²) in [6.07, 6.45) is 6.69. The minimum atomic E-state index is -0.110. The summed E-state index contributed by atoms with van der Waals surface area (Å²) < 4.78 is 7.64. The highest BCUT2D eigenvalue weighted by Gasteiger charge is 2.24. The van der Waals surface area contributed by atoms with Crippen molar-refractivity contribution in [1.29, 1.82) is 0 Å². The third-order valence-corrected chi connectivity index (χ3v) is 6.93. The third-order valence-electron chi connectivity index (χ3n) is 6.93. The van der Waals surface area contributed by atoms with Crippen molar-refractivity contribution < 1.29 is 9.53 Å². The molecule has 8 nitrogen and oxygen atoms in total. The Balaban J connectivity index is 1.32. The van der Waals surface area contributed by atoms with Crippen LogP contribution in [0, 0.1) is 0 Å². The summed E-state index contributed by atoms with van der Waals surface area (Å²) in [6, 6.07) is 3.95. The number of fused-ring (bicyclic) bond motifs is 1. The van der Waals surface area contributed by atoms with Gasteiger partial charge >= 0.3 is 0 Å². The fraction of sp³-hybridized carbons (Fsp3) is 0.708.